The molecule has 1 aliphatic carbocycles. The lowest BCUT2D eigenvalue weighted by molar-refractivity contribution is 0.536. The maximum Gasteiger partial charge on any atom is 0.0907 e. The normalized spacial score (nSPS) is 16.2. The Labute approximate surface area is 131 Å². The first kappa shape index (κ1) is 14.6. The quantitative estimate of drug-likeness (QED) is 0.840. The van der Waals surface area contributed by atoms with Gasteiger partial charge in [-0.05, 0) is 37.8 Å². The zero-order valence-corrected chi connectivity index (χ0v) is 14.0. The number of hydrogen-bond donors (Lipinski definition) is 1. The van der Waals surface area contributed by atoms with Crippen molar-refractivity contribution in [1.29, 1.82) is 0 Å². The molecule has 0 amide bonds. The van der Waals surface area contributed by atoms with E-state index in [0.717, 1.165) is 22.8 Å². The average molecular weight is 303 g/mol. The van der Waals surface area contributed by atoms with E-state index in [0.29, 0.717) is 12.0 Å². The summed E-state index contributed by atoms with van der Waals surface area (Å²) in [5.74, 6) is 0.637. The predicted molar refractivity (Wildman–Crippen MR) is 93.2 cm³/mol. The van der Waals surface area contributed by atoms with E-state index in [1.807, 2.05) is 0 Å². The number of aromatic nitrogens is 1. The number of thiazole rings is 1. The molecular formula is C17H25N3S. The molecule has 1 aromatic heterocycles. The summed E-state index contributed by atoms with van der Waals surface area (Å²) >= 11 is 1.72. The third kappa shape index (κ3) is 3.00. The zero-order valence-electron chi connectivity index (χ0n) is 13.2. The van der Waals surface area contributed by atoms with Gasteiger partial charge in [0.25, 0.3) is 0 Å². The molecule has 0 radical (unpaired) electrons. The molecule has 0 aliphatic heterocycles. The van der Waals surface area contributed by atoms with Crippen molar-refractivity contribution in [3.63, 3.8) is 0 Å². The fourth-order valence-electron chi connectivity index (χ4n) is 3.40. The van der Waals surface area contributed by atoms with Crippen LogP contribution in [-0.4, -0.2) is 17.6 Å². The van der Waals surface area contributed by atoms with Gasteiger partial charge in [0.1, 0.15) is 0 Å². The summed E-state index contributed by atoms with van der Waals surface area (Å²) in [7, 11) is 0. The molecule has 4 heteroatoms. The number of nitrogens with zero attached hydrogens (tertiary/aromatic N) is 2. The summed E-state index contributed by atoms with van der Waals surface area (Å²) in [6, 6.07) is 4.96. The standard InChI is InChI=1S/C17H25N3S/c1-11(2)10-20(13-6-4-5-7-13)16-9-15-17(8-14(16)18)21-12(3)19-15/h8-9,11,13H,4-7,10,18H2,1-3H3. The minimum Gasteiger partial charge on any atom is -0.397 e. The summed E-state index contributed by atoms with van der Waals surface area (Å²) < 4.78 is 1.20. The van der Waals surface area contributed by atoms with Gasteiger partial charge in [0.2, 0.25) is 0 Å². The Bertz CT molecular complexity index is 626. The van der Waals surface area contributed by atoms with Gasteiger partial charge in [0.15, 0.2) is 0 Å². The molecule has 3 rings (SSSR count). The second-order valence-corrected chi connectivity index (χ2v) is 7.83. The molecule has 1 aromatic carbocycles. The summed E-state index contributed by atoms with van der Waals surface area (Å²) in [5.41, 5.74) is 9.56. The molecule has 0 bridgehead atoms. The number of fused-ring (bicyclic) bond motifs is 1. The Morgan fingerprint density at radius 3 is 2.71 bits per heavy atom. The largest absolute Gasteiger partial charge is 0.397 e. The van der Waals surface area contributed by atoms with Crippen LogP contribution in [0.5, 0.6) is 0 Å². The first-order chi connectivity index (χ1) is 10.0. The third-order valence-electron chi connectivity index (χ3n) is 4.28. The average Bonchev–Trinajstić information content (AvgIpc) is 3.03. The molecular weight excluding hydrogens is 278 g/mol. The number of anilines is 2. The molecule has 0 atom stereocenters. The number of nitrogens with two attached hydrogens (primary N) is 1. The molecule has 21 heavy (non-hydrogen) atoms. The van der Waals surface area contributed by atoms with Gasteiger partial charge in [-0.15, -0.1) is 11.3 Å². The van der Waals surface area contributed by atoms with Crippen LogP contribution in [0.4, 0.5) is 11.4 Å². The van der Waals surface area contributed by atoms with Crippen LogP contribution in [0.3, 0.4) is 0 Å². The van der Waals surface area contributed by atoms with E-state index in [1.54, 1.807) is 11.3 Å². The van der Waals surface area contributed by atoms with Crippen molar-refractivity contribution >= 4 is 32.9 Å². The molecule has 114 valence electrons. The Balaban J connectivity index is 2.02. The van der Waals surface area contributed by atoms with Crippen molar-refractivity contribution in [2.45, 2.75) is 52.5 Å². The molecule has 0 unspecified atom stereocenters. The summed E-state index contributed by atoms with van der Waals surface area (Å²) in [6.07, 6.45) is 5.27. The number of nitrogen functional groups attached to an aromatic ring is 1. The lowest BCUT2D eigenvalue weighted by Crippen LogP contribution is -2.36. The van der Waals surface area contributed by atoms with Crippen LogP contribution < -0.4 is 10.6 Å². The molecule has 0 saturated heterocycles. The lowest BCUT2D eigenvalue weighted by Gasteiger charge is -2.33. The predicted octanol–water partition coefficient (Wildman–Crippen LogP) is 4.59. The van der Waals surface area contributed by atoms with E-state index < -0.39 is 0 Å². The van der Waals surface area contributed by atoms with Crippen molar-refractivity contribution in [1.82, 2.24) is 4.98 Å². The molecule has 1 aliphatic rings. The van der Waals surface area contributed by atoms with Gasteiger partial charge < -0.3 is 10.6 Å². The molecule has 2 N–H and O–H groups in total. The Morgan fingerprint density at radius 2 is 2.05 bits per heavy atom. The summed E-state index contributed by atoms with van der Waals surface area (Å²) in [4.78, 5) is 7.18. The fourth-order valence-corrected chi connectivity index (χ4v) is 4.25. The minimum absolute atomic E-state index is 0.637. The maximum atomic E-state index is 6.38. The Kier molecular flexibility index (Phi) is 4.07. The van der Waals surface area contributed by atoms with E-state index in [1.165, 1.54) is 36.1 Å². The first-order valence-electron chi connectivity index (χ1n) is 7.98. The van der Waals surface area contributed by atoms with Crippen molar-refractivity contribution in [3.8, 4) is 0 Å². The van der Waals surface area contributed by atoms with Crippen LogP contribution in [0.2, 0.25) is 0 Å². The van der Waals surface area contributed by atoms with Gasteiger partial charge in [-0.2, -0.15) is 0 Å². The minimum atomic E-state index is 0.637. The van der Waals surface area contributed by atoms with Crippen LogP contribution in [0.25, 0.3) is 10.2 Å². The number of rotatable bonds is 4. The van der Waals surface area contributed by atoms with Gasteiger partial charge in [-0.25, -0.2) is 4.98 Å². The van der Waals surface area contributed by atoms with E-state index in [2.05, 4.69) is 42.8 Å². The second kappa shape index (κ2) is 5.84. The molecule has 1 heterocycles. The summed E-state index contributed by atoms with van der Waals surface area (Å²) in [6.45, 7) is 7.69. The fraction of sp³-hybridized carbons (Fsp3) is 0.588. The van der Waals surface area contributed by atoms with Crippen LogP contribution in [-0.2, 0) is 0 Å². The van der Waals surface area contributed by atoms with E-state index in [9.17, 15) is 0 Å². The Hall–Kier alpha value is -1.29. The maximum absolute atomic E-state index is 6.38. The second-order valence-electron chi connectivity index (χ2n) is 6.60. The zero-order chi connectivity index (χ0) is 15.0. The van der Waals surface area contributed by atoms with Gasteiger partial charge >= 0.3 is 0 Å². The van der Waals surface area contributed by atoms with Crippen LogP contribution in [0.15, 0.2) is 12.1 Å². The van der Waals surface area contributed by atoms with Gasteiger partial charge in [-0.1, -0.05) is 26.7 Å². The van der Waals surface area contributed by atoms with Crippen molar-refractivity contribution < 1.29 is 0 Å². The van der Waals surface area contributed by atoms with Crippen molar-refractivity contribution in [2.75, 3.05) is 17.2 Å². The van der Waals surface area contributed by atoms with Gasteiger partial charge in [0.05, 0.1) is 26.6 Å². The molecule has 1 saturated carbocycles. The number of hydrogen-bond acceptors (Lipinski definition) is 4. The van der Waals surface area contributed by atoms with E-state index >= 15 is 0 Å². The molecule has 0 spiro atoms. The number of benzene rings is 1. The smallest absolute Gasteiger partial charge is 0.0907 e. The van der Waals surface area contributed by atoms with Gasteiger partial charge in [-0.3, -0.25) is 0 Å². The van der Waals surface area contributed by atoms with Crippen molar-refractivity contribution in [3.05, 3.63) is 17.1 Å². The highest BCUT2D eigenvalue weighted by atomic mass is 32.1. The number of aryl methyl sites for hydroxylation is 1. The highest BCUT2D eigenvalue weighted by Crippen LogP contribution is 2.36. The molecule has 2 aromatic rings. The highest BCUT2D eigenvalue weighted by Gasteiger charge is 2.25. The third-order valence-corrected chi connectivity index (χ3v) is 5.21. The summed E-state index contributed by atoms with van der Waals surface area (Å²) in [5, 5.41) is 1.11. The molecule has 1 fully saturated rings. The SMILES string of the molecule is Cc1nc2cc(N(CC(C)C)C3CCCC3)c(N)cc2s1. The van der Waals surface area contributed by atoms with E-state index in [-0.39, 0.29) is 0 Å². The van der Waals surface area contributed by atoms with Crippen molar-refractivity contribution in [2.24, 2.45) is 5.92 Å². The molecule has 3 nitrogen and oxygen atoms in total. The monoisotopic (exact) mass is 303 g/mol. The first-order valence-corrected chi connectivity index (χ1v) is 8.79. The Morgan fingerprint density at radius 1 is 1.33 bits per heavy atom. The van der Waals surface area contributed by atoms with Crippen LogP contribution in [0.1, 0.15) is 44.5 Å². The lowest BCUT2D eigenvalue weighted by atomic mass is 10.1. The topological polar surface area (TPSA) is 42.2 Å². The highest BCUT2D eigenvalue weighted by molar-refractivity contribution is 7.18. The van der Waals surface area contributed by atoms with Crippen LogP contribution in [0, 0.1) is 12.8 Å². The van der Waals surface area contributed by atoms with Gasteiger partial charge in [0, 0.05) is 12.6 Å². The van der Waals surface area contributed by atoms with Crippen LogP contribution >= 0.6 is 11.3 Å². The van der Waals surface area contributed by atoms with E-state index in [4.69, 9.17) is 5.73 Å².